The number of nitrogens with zero attached hydrogens (tertiary/aromatic N) is 1. The van der Waals surface area contributed by atoms with Crippen LogP contribution in [0.1, 0.15) is 40.5 Å². The van der Waals surface area contributed by atoms with Gasteiger partial charge in [-0.15, -0.1) is 11.8 Å². The van der Waals surface area contributed by atoms with Gasteiger partial charge in [-0.2, -0.15) is 0 Å². The van der Waals surface area contributed by atoms with E-state index in [1.54, 1.807) is 0 Å². The molecule has 0 saturated heterocycles. The Bertz CT molecular complexity index is 177. The molecule has 1 aliphatic heterocycles. The second-order valence-electron chi connectivity index (χ2n) is 3.58. The Morgan fingerprint density at radius 2 is 2.17 bits per heavy atom. The summed E-state index contributed by atoms with van der Waals surface area (Å²) >= 11 is 2.05. The lowest BCUT2D eigenvalue weighted by atomic mass is 10.1. The van der Waals surface area contributed by atoms with Crippen LogP contribution in [-0.4, -0.2) is 16.3 Å². The SMILES string of the molecule is CCC(C)[C@H]1N=C(C)[C@H](CC)S1. The molecule has 1 nitrogen and oxygen atoms in total. The van der Waals surface area contributed by atoms with E-state index in [2.05, 4.69) is 27.7 Å². The summed E-state index contributed by atoms with van der Waals surface area (Å²) in [5.41, 5.74) is 1.35. The molecule has 12 heavy (non-hydrogen) atoms. The van der Waals surface area contributed by atoms with Crippen molar-refractivity contribution in [3.63, 3.8) is 0 Å². The van der Waals surface area contributed by atoms with E-state index in [-0.39, 0.29) is 0 Å². The van der Waals surface area contributed by atoms with Crippen molar-refractivity contribution in [1.82, 2.24) is 0 Å². The van der Waals surface area contributed by atoms with Crippen LogP contribution in [0.4, 0.5) is 0 Å². The highest BCUT2D eigenvalue weighted by atomic mass is 32.2. The molecule has 0 amide bonds. The molecule has 0 radical (unpaired) electrons. The third kappa shape index (κ3) is 2.03. The lowest BCUT2D eigenvalue weighted by Gasteiger charge is -2.14. The van der Waals surface area contributed by atoms with Gasteiger partial charge in [-0.3, -0.25) is 4.99 Å². The van der Waals surface area contributed by atoms with E-state index >= 15 is 0 Å². The van der Waals surface area contributed by atoms with Crippen molar-refractivity contribution in [3.05, 3.63) is 0 Å². The van der Waals surface area contributed by atoms with Crippen LogP contribution in [0.25, 0.3) is 0 Å². The van der Waals surface area contributed by atoms with Gasteiger partial charge < -0.3 is 0 Å². The van der Waals surface area contributed by atoms with Crippen LogP contribution in [0.15, 0.2) is 4.99 Å². The molecule has 0 aromatic rings. The van der Waals surface area contributed by atoms with Crippen LogP contribution in [0.5, 0.6) is 0 Å². The Morgan fingerprint density at radius 3 is 2.58 bits per heavy atom. The topological polar surface area (TPSA) is 12.4 Å². The zero-order chi connectivity index (χ0) is 9.14. The van der Waals surface area contributed by atoms with Crippen molar-refractivity contribution >= 4 is 17.5 Å². The normalized spacial score (nSPS) is 31.8. The van der Waals surface area contributed by atoms with Crippen molar-refractivity contribution in [3.8, 4) is 0 Å². The van der Waals surface area contributed by atoms with Crippen molar-refractivity contribution in [1.29, 1.82) is 0 Å². The third-order valence-corrected chi connectivity index (χ3v) is 4.45. The number of thioether (sulfide) groups is 1. The third-order valence-electron chi connectivity index (χ3n) is 2.60. The Kier molecular flexibility index (Phi) is 3.63. The second kappa shape index (κ2) is 4.31. The number of aliphatic imine (C=N–C) groups is 1. The highest BCUT2D eigenvalue weighted by Gasteiger charge is 2.27. The lowest BCUT2D eigenvalue weighted by Crippen LogP contribution is -2.10. The van der Waals surface area contributed by atoms with Gasteiger partial charge in [0.15, 0.2) is 0 Å². The Hall–Kier alpha value is 0.0200. The zero-order valence-corrected chi connectivity index (χ0v) is 9.32. The summed E-state index contributed by atoms with van der Waals surface area (Å²) in [6.45, 7) is 8.96. The Labute approximate surface area is 80.0 Å². The fourth-order valence-corrected chi connectivity index (χ4v) is 2.91. The lowest BCUT2D eigenvalue weighted by molar-refractivity contribution is 0.549. The van der Waals surface area contributed by atoms with E-state index in [0.29, 0.717) is 10.6 Å². The summed E-state index contributed by atoms with van der Waals surface area (Å²) in [5, 5.41) is 1.24. The van der Waals surface area contributed by atoms with Gasteiger partial charge >= 0.3 is 0 Å². The van der Waals surface area contributed by atoms with Crippen molar-refractivity contribution in [2.45, 2.75) is 51.2 Å². The van der Waals surface area contributed by atoms with Gasteiger partial charge in [0.1, 0.15) is 0 Å². The number of hydrogen-bond acceptors (Lipinski definition) is 2. The van der Waals surface area contributed by atoms with Crippen LogP contribution in [0.2, 0.25) is 0 Å². The molecule has 0 bridgehead atoms. The molecule has 0 aromatic heterocycles. The molecule has 3 atom stereocenters. The molecule has 1 heterocycles. The van der Waals surface area contributed by atoms with E-state index in [4.69, 9.17) is 4.99 Å². The van der Waals surface area contributed by atoms with Crippen molar-refractivity contribution in [2.24, 2.45) is 10.9 Å². The fourth-order valence-electron chi connectivity index (χ4n) is 1.44. The standard InChI is InChI=1S/C10H19NS/c1-5-7(3)10-11-8(4)9(6-2)12-10/h7,9-10H,5-6H2,1-4H3/t7?,9-,10-/m0/s1. The molecule has 1 rings (SSSR count). The first kappa shape index (κ1) is 10.1. The molecule has 1 aliphatic rings. The van der Waals surface area contributed by atoms with Crippen LogP contribution >= 0.6 is 11.8 Å². The molecule has 1 unspecified atom stereocenters. The first-order valence-corrected chi connectivity index (χ1v) is 5.83. The summed E-state index contributed by atoms with van der Waals surface area (Å²) in [6, 6.07) is 0. The molecular formula is C10H19NS. The molecule has 2 heteroatoms. The molecule has 70 valence electrons. The van der Waals surface area contributed by atoms with Crippen LogP contribution < -0.4 is 0 Å². The number of rotatable bonds is 3. The van der Waals surface area contributed by atoms with Gasteiger partial charge in [0, 0.05) is 11.0 Å². The molecule has 0 N–H and O–H groups in total. The maximum Gasteiger partial charge on any atom is 0.0982 e. The van der Waals surface area contributed by atoms with Crippen LogP contribution in [0, 0.1) is 5.92 Å². The average molecular weight is 185 g/mol. The van der Waals surface area contributed by atoms with Gasteiger partial charge in [0.25, 0.3) is 0 Å². The van der Waals surface area contributed by atoms with Crippen molar-refractivity contribution < 1.29 is 0 Å². The smallest absolute Gasteiger partial charge is 0.0982 e. The van der Waals surface area contributed by atoms with Gasteiger partial charge in [0.2, 0.25) is 0 Å². The van der Waals surface area contributed by atoms with Gasteiger partial charge in [-0.1, -0.05) is 27.2 Å². The zero-order valence-electron chi connectivity index (χ0n) is 8.50. The molecule has 0 fully saturated rings. The van der Waals surface area contributed by atoms with Crippen molar-refractivity contribution in [2.75, 3.05) is 0 Å². The minimum atomic E-state index is 0.542. The summed E-state index contributed by atoms with van der Waals surface area (Å²) in [5.74, 6) is 0.737. The first-order chi connectivity index (χ1) is 5.69. The van der Waals surface area contributed by atoms with Gasteiger partial charge in [0.05, 0.1) is 5.37 Å². The van der Waals surface area contributed by atoms with Crippen LogP contribution in [0.3, 0.4) is 0 Å². The van der Waals surface area contributed by atoms with E-state index in [1.165, 1.54) is 18.6 Å². The van der Waals surface area contributed by atoms with Crippen LogP contribution in [-0.2, 0) is 0 Å². The maximum absolute atomic E-state index is 4.69. The van der Waals surface area contributed by atoms with E-state index < -0.39 is 0 Å². The fraction of sp³-hybridized carbons (Fsp3) is 0.900. The Morgan fingerprint density at radius 1 is 1.50 bits per heavy atom. The predicted octanol–water partition coefficient (Wildman–Crippen LogP) is 3.34. The summed E-state index contributed by atoms with van der Waals surface area (Å²) < 4.78 is 0. The van der Waals surface area contributed by atoms with Gasteiger partial charge in [-0.25, -0.2) is 0 Å². The minimum absolute atomic E-state index is 0.542. The highest BCUT2D eigenvalue weighted by Crippen LogP contribution is 2.35. The predicted molar refractivity (Wildman–Crippen MR) is 58.0 cm³/mol. The van der Waals surface area contributed by atoms with E-state index in [9.17, 15) is 0 Å². The first-order valence-electron chi connectivity index (χ1n) is 4.88. The largest absolute Gasteiger partial charge is 0.279 e. The molecule has 0 aliphatic carbocycles. The maximum atomic E-state index is 4.69. The molecule has 0 saturated carbocycles. The average Bonchev–Trinajstić information content (AvgIpc) is 2.45. The highest BCUT2D eigenvalue weighted by molar-refractivity contribution is 8.01. The molecule has 0 spiro atoms. The monoisotopic (exact) mass is 185 g/mol. The second-order valence-corrected chi connectivity index (χ2v) is 4.90. The quantitative estimate of drug-likeness (QED) is 0.657. The van der Waals surface area contributed by atoms with Gasteiger partial charge in [-0.05, 0) is 19.3 Å². The van der Waals surface area contributed by atoms with E-state index in [0.717, 1.165) is 5.92 Å². The molecule has 0 aromatic carbocycles. The number of hydrogen-bond donors (Lipinski definition) is 0. The summed E-state index contributed by atoms with van der Waals surface area (Å²) in [7, 11) is 0. The summed E-state index contributed by atoms with van der Waals surface area (Å²) in [6.07, 6.45) is 2.47. The summed E-state index contributed by atoms with van der Waals surface area (Å²) in [4.78, 5) is 4.69. The Balaban J connectivity index is 2.53. The van der Waals surface area contributed by atoms with E-state index in [1.807, 2.05) is 11.8 Å². The molecular weight excluding hydrogens is 166 g/mol. The minimum Gasteiger partial charge on any atom is -0.279 e.